The summed E-state index contributed by atoms with van der Waals surface area (Å²) in [6.07, 6.45) is -6.87. The Labute approximate surface area is 220 Å². The second-order valence-corrected chi connectivity index (χ2v) is 8.75. The summed E-state index contributed by atoms with van der Waals surface area (Å²) in [4.78, 5) is 31.1. The molecular formula is C26H25F3N4O6. The summed E-state index contributed by atoms with van der Waals surface area (Å²) >= 11 is 0. The van der Waals surface area contributed by atoms with E-state index in [0.29, 0.717) is 17.3 Å². The number of rotatable bonds is 7. The molecule has 2 aromatic carbocycles. The van der Waals surface area contributed by atoms with E-state index in [9.17, 15) is 33.0 Å². The highest BCUT2D eigenvalue weighted by Crippen LogP contribution is 2.28. The Kier molecular flexibility index (Phi) is 8.43. The molecule has 4 atom stereocenters. The molecule has 1 aliphatic heterocycles. The standard InChI is InChI=1S/C26H25F3N4O6/c1-38-25(37)17-8-4-15(5-9-17)14-2-6-16(7-3-14)24(36)31-10-19-23(35)22(34)18(13-39-19)32-21-12-30-11-20(33-21)26(27,28)29/h2-9,11-12,18-19,22-23,34-35H,10,13H2,1H3,(H,31,36)(H,32,33)/t18-,19+,22+,23-/m0/s1. The van der Waals surface area contributed by atoms with Crippen molar-refractivity contribution in [2.45, 2.75) is 30.5 Å². The maximum Gasteiger partial charge on any atom is 0.434 e. The molecule has 4 N–H and O–H groups in total. The van der Waals surface area contributed by atoms with Gasteiger partial charge in [-0.2, -0.15) is 13.2 Å². The second-order valence-electron chi connectivity index (χ2n) is 8.75. The number of aromatic nitrogens is 2. The number of benzene rings is 2. The molecule has 1 aliphatic rings. The summed E-state index contributed by atoms with van der Waals surface area (Å²) in [6, 6.07) is 12.5. The third-order valence-corrected chi connectivity index (χ3v) is 6.14. The number of amides is 1. The van der Waals surface area contributed by atoms with Gasteiger partial charge in [0, 0.05) is 12.1 Å². The molecule has 10 nitrogen and oxygen atoms in total. The highest BCUT2D eigenvalue weighted by Gasteiger charge is 2.39. The van der Waals surface area contributed by atoms with Crippen LogP contribution in [0.15, 0.2) is 60.9 Å². The van der Waals surface area contributed by atoms with Crippen LogP contribution in [0.25, 0.3) is 11.1 Å². The number of methoxy groups -OCH3 is 1. The molecule has 1 fully saturated rings. The molecule has 0 saturated carbocycles. The van der Waals surface area contributed by atoms with Crippen LogP contribution < -0.4 is 10.6 Å². The van der Waals surface area contributed by atoms with Gasteiger partial charge in [-0.1, -0.05) is 24.3 Å². The van der Waals surface area contributed by atoms with E-state index in [4.69, 9.17) is 4.74 Å². The lowest BCUT2D eigenvalue weighted by molar-refractivity contribution is -0.141. The van der Waals surface area contributed by atoms with Crippen LogP contribution in [0.3, 0.4) is 0 Å². The fourth-order valence-electron chi connectivity index (χ4n) is 3.98. The van der Waals surface area contributed by atoms with E-state index in [0.717, 1.165) is 17.3 Å². The van der Waals surface area contributed by atoms with Crippen LogP contribution in [-0.4, -0.2) is 76.7 Å². The SMILES string of the molecule is COC(=O)c1ccc(-c2ccc(C(=O)NC[C@H]3OC[C@H](Nc4cncc(C(F)(F)F)n4)[C@@H](O)[C@H]3O)cc2)cc1. The monoisotopic (exact) mass is 546 g/mol. The van der Waals surface area contributed by atoms with Crippen molar-refractivity contribution in [3.05, 3.63) is 77.7 Å². The lowest BCUT2D eigenvalue weighted by atomic mass is 9.97. The first-order valence-electron chi connectivity index (χ1n) is 11.8. The summed E-state index contributed by atoms with van der Waals surface area (Å²) in [7, 11) is 1.30. The number of hydrogen-bond donors (Lipinski definition) is 4. The first-order chi connectivity index (χ1) is 18.6. The Balaban J connectivity index is 1.30. The Bertz CT molecular complexity index is 1300. The Morgan fingerprint density at radius 3 is 2.21 bits per heavy atom. The van der Waals surface area contributed by atoms with Crippen molar-refractivity contribution in [2.24, 2.45) is 0 Å². The van der Waals surface area contributed by atoms with Gasteiger partial charge in [0.25, 0.3) is 5.91 Å². The third-order valence-electron chi connectivity index (χ3n) is 6.14. The maximum atomic E-state index is 12.9. The zero-order chi connectivity index (χ0) is 28.2. The number of aliphatic hydroxyl groups is 2. The average molecular weight is 547 g/mol. The van der Waals surface area contributed by atoms with Crippen LogP contribution in [-0.2, 0) is 15.7 Å². The van der Waals surface area contributed by atoms with Crippen LogP contribution >= 0.6 is 0 Å². The van der Waals surface area contributed by atoms with E-state index in [2.05, 4.69) is 25.3 Å². The van der Waals surface area contributed by atoms with Crippen molar-refractivity contribution in [1.29, 1.82) is 0 Å². The van der Waals surface area contributed by atoms with E-state index in [1.807, 2.05) is 0 Å². The number of anilines is 1. The predicted octanol–water partition coefficient (Wildman–Crippen LogP) is 2.28. The number of nitrogens with zero attached hydrogens (tertiary/aromatic N) is 2. The zero-order valence-corrected chi connectivity index (χ0v) is 20.6. The number of aliphatic hydroxyl groups excluding tert-OH is 2. The molecule has 13 heteroatoms. The fraction of sp³-hybridized carbons (Fsp3) is 0.308. The molecule has 2 heterocycles. The number of halogens is 3. The summed E-state index contributed by atoms with van der Waals surface area (Å²) in [6.45, 7) is -0.288. The summed E-state index contributed by atoms with van der Waals surface area (Å²) in [5, 5.41) is 26.2. The summed E-state index contributed by atoms with van der Waals surface area (Å²) in [5.74, 6) is -1.11. The first-order valence-corrected chi connectivity index (χ1v) is 11.8. The van der Waals surface area contributed by atoms with Gasteiger partial charge in [-0.3, -0.25) is 9.78 Å². The number of nitrogens with one attached hydrogen (secondary N) is 2. The third kappa shape index (κ3) is 6.69. The highest BCUT2D eigenvalue weighted by molar-refractivity contribution is 5.94. The van der Waals surface area contributed by atoms with Gasteiger partial charge in [0.1, 0.15) is 24.1 Å². The molecule has 0 spiro atoms. The number of carbonyl (C=O) groups is 2. The van der Waals surface area contributed by atoms with Crippen molar-refractivity contribution in [1.82, 2.24) is 15.3 Å². The Hall–Kier alpha value is -4.07. The number of ether oxygens (including phenoxy) is 2. The van der Waals surface area contributed by atoms with E-state index >= 15 is 0 Å². The molecule has 1 aromatic heterocycles. The number of alkyl halides is 3. The van der Waals surface area contributed by atoms with Crippen LogP contribution in [0.2, 0.25) is 0 Å². The van der Waals surface area contributed by atoms with E-state index in [-0.39, 0.29) is 19.0 Å². The number of esters is 1. The van der Waals surface area contributed by atoms with Gasteiger partial charge >= 0.3 is 12.1 Å². The summed E-state index contributed by atoms with van der Waals surface area (Å²) in [5.41, 5.74) is 1.21. The second kappa shape index (κ2) is 11.8. The number of carbonyl (C=O) groups excluding carboxylic acids is 2. The molecule has 0 unspecified atom stereocenters. The van der Waals surface area contributed by atoms with Crippen LogP contribution in [0, 0.1) is 0 Å². The van der Waals surface area contributed by atoms with Gasteiger partial charge < -0.3 is 30.3 Å². The quantitative estimate of drug-likeness (QED) is 0.328. The smallest absolute Gasteiger partial charge is 0.434 e. The van der Waals surface area contributed by atoms with E-state index in [1.165, 1.54) is 7.11 Å². The molecule has 1 amide bonds. The van der Waals surface area contributed by atoms with E-state index in [1.54, 1.807) is 48.5 Å². The minimum atomic E-state index is -4.69. The normalized spacial score (nSPS) is 21.2. The minimum absolute atomic E-state index is 0.121. The molecule has 1 saturated heterocycles. The summed E-state index contributed by atoms with van der Waals surface area (Å²) < 4.78 is 48.8. The van der Waals surface area contributed by atoms with Crippen molar-refractivity contribution in [2.75, 3.05) is 25.6 Å². The van der Waals surface area contributed by atoms with Gasteiger partial charge in [0.2, 0.25) is 0 Å². The van der Waals surface area contributed by atoms with Crippen LogP contribution in [0.5, 0.6) is 0 Å². The Morgan fingerprint density at radius 1 is 1.00 bits per heavy atom. The molecular weight excluding hydrogens is 521 g/mol. The lowest BCUT2D eigenvalue weighted by Gasteiger charge is -2.38. The van der Waals surface area contributed by atoms with Crippen LogP contribution in [0.1, 0.15) is 26.4 Å². The Morgan fingerprint density at radius 2 is 1.62 bits per heavy atom. The van der Waals surface area contributed by atoms with Crippen molar-refractivity contribution >= 4 is 17.7 Å². The molecule has 0 radical (unpaired) electrons. The molecule has 0 aliphatic carbocycles. The van der Waals surface area contributed by atoms with Gasteiger partial charge in [-0.05, 0) is 35.4 Å². The van der Waals surface area contributed by atoms with Crippen molar-refractivity contribution in [3.8, 4) is 11.1 Å². The highest BCUT2D eigenvalue weighted by atomic mass is 19.4. The van der Waals surface area contributed by atoms with Gasteiger partial charge in [0.05, 0.1) is 37.7 Å². The molecule has 206 valence electrons. The first kappa shape index (κ1) is 28.0. The largest absolute Gasteiger partial charge is 0.465 e. The lowest BCUT2D eigenvalue weighted by Crippen LogP contribution is -2.58. The average Bonchev–Trinajstić information content (AvgIpc) is 2.94. The molecule has 3 aromatic rings. The molecule has 39 heavy (non-hydrogen) atoms. The van der Waals surface area contributed by atoms with Crippen LogP contribution in [0.4, 0.5) is 19.0 Å². The maximum absolute atomic E-state index is 12.9. The fourth-order valence-corrected chi connectivity index (χ4v) is 3.98. The molecule has 4 rings (SSSR count). The number of hydrogen-bond acceptors (Lipinski definition) is 9. The minimum Gasteiger partial charge on any atom is -0.465 e. The van der Waals surface area contributed by atoms with Crippen molar-refractivity contribution < 1.29 is 42.4 Å². The van der Waals surface area contributed by atoms with Gasteiger partial charge in [0.15, 0.2) is 5.69 Å². The predicted molar refractivity (Wildman–Crippen MR) is 132 cm³/mol. The molecule has 0 bridgehead atoms. The van der Waals surface area contributed by atoms with Gasteiger partial charge in [-0.15, -0.1) is 0 Å². The topological polar surface area (TPSA) is 143 Å². The van der Waals surface area contributed by atoms with E-state index < -0.39 is 48.1 Å². The van der Waals surface area contributed by atoms with Crippen molar-refractivity contribution in [3.63, 3.8) is 0 Å². The zero-order valence-electron chi connectivity index (χ0n) is 20.6. The van der Waals surface area contributed by atoms with Gasteiger partial charge in [-0.25, -0.2) is 9.78 Å².